The van der Waals surface area contributed by atoms with E-state index in [1.54, 1.807) is 0 Å². The van der Waals surface area contributed by atoms with E-state index in [4.69, 9.17) is 0 Å². The summed E-state index contributed by atoms with van der Waals surface area (Å²) in [7, 11) is 1.86. The van der Waals surface area contributed by atoms with Gasteiger partial charge in [0, 0.05) is 29.7 Å². The molecule has 2 N–H and O–H groups in total. The minimum Gasteiger partial charge on any atom is -0.389 e. The van der Waals surface area contributed by atoms with E-state index in [0.717, 1.165) is 11.4 Å². The van der Waals surface area contributed by atoms with Crippen LogP contribution < -0.4 is 10.6 Å². The van der Waals surface area contributed by atoms with Gasteiger partial charge in [0.25, 0.3) is 0 Å². The Balaban J connectivity index is 1.92. The first-order chi connectivity index (χ1) is 10.3. The molecule has 0 radical (unpaired) electrons. The Kier molecular flexibility index (Phi) is 3.61. The van der Waals surface area contributed by atoms with Crippen molar-refractivity contribution in [3.8, 4) is 11.1 Å². The van der Waals surface area contributed by atoms with E-state index in [0.29, 0.717) is 0 Å². The molecule has 3 rings (SSSR count). The van der Waals surface area contributed by atoms with Crippen LogP contribution in [0.15, 0.2) is 73.0 Å². The molecule has 21 heavy (non-hydrogen) atoms. The number of likely N-dealkylation sites (N-methyl/N-ethyl adjacent to an activating group) is 1. The summed E-state index contributed by atoms with van der Waals surface area (Å²) in [5.74, 6) is 0. The fraction of sp³-hybridized carbons (Fsp3) is 0.0526. The molecule has 0 atom stereocenters. The summed E-state index contributed by atoms with van der Waals surface area (Å²) in [5, 5.41) is 6.41. The van der Waals surface area contributed by atoms with E-state index in [-0.39, 0.29) is 0 Å². The van der Waals surface area contributed by atoms with E-state index >= 15 is 0 Å². The molecule has 0 unspecified atom stereocenters. The van der Waals surface area contributed by atoms with Gasteiger partial charge in [-0.2, -0.15) is 0 Å². The monoisotopic (exact) mass is 274 g/mol. The first-order valence-electron chi connectivity index (χ1n) is 7.00. The summed E-state index contributed by atoms with van der Waals surface area (Å²) in [4.78, 5) is 0. The SMILES string of the molecule is C=C(/C=C\C=C/c1ccc2cc1-c1ccccc1N2)NC. The van der Waals surface area contributed by atoms with Crippen molar-refractivity contribution in [2.24, 2.45) is 0 Å². The third-order valence-electron chi connectivity index (χ3n) is 3.55. The van der Waals surface area contributed by atoms with Crippen molar-refractivity contribution in [3.63, 3.8) is 0 Å². The number of rotatable bonds is 4. The minimum atomic E-state index is 0.894. The molecule has 0 aliphatic carbocycles. The van der Waals surface area contributed by atoms with Crippen molar-refractivity contribution in [1.29, 1.82) is 0 Å². The van der Waals surface area contributed by atoms with Gasteiger partial charge in [-0.1, -0.05) is 49.1 Å². The highest BCUT2D eigenvalue weighted by Gasteiger charge is 2.13. The van der Waals surface area contributed by atoms with Crippen LogP contribution in [0.1, 0.15) is 5.56 Å². The lowest BCUT2D eigenvalue weighted by Crippen LogP contribution is -2.00. The molecule has 2 heteroatoms. The molecule has 0 saturated carbocycles. The highest BCUT2D eigenvalue weighted by molar-refractivity contribution is 5.91. The van der Waals surface area contributed by atoms with Crippen LogP contribution in [-0.2, 0) is 0 Å². The van der Waals surface area contributed by atoms with Gasteiger partial charge in [-0.05, 0) is 35.4 Å². The number of para-hydroxylation sites is 1. The highest BCUT2D eigenvalue weighted by Crippen LogP contribution is 2.39. The Bertz CT molecular complexity index is 739. The molecule has 0 amide bonds. The quantitative estimate of drug-likeness (QED) is 0.673. The molecule has 2 bridgehead atoms. The van der Waals surface area contributed by atoms with Crippen molar-refractivity contribution in [3.05, 3.63) is 78.5 Å². The van der Waals surface area contributed by atoms with E-state index in [2.05, 4.69) is 65.8 Å². The van der Waals surface area contributed by atoms with Crippen LogP contribution in [0.25, 0.3) is 17.2 Å². The third kappa shape index (κ3) is 2.75. The van der Waals surface area contributed by atoms with Crippen molar-refractivity contribution in [1.82, 2.24) is 5.32 Å². The lowest BCUT2D eigenvalue weighted by atomic mass is 9.94. The average Bonchev–Trinajstić information content (AvgIpc) is 2.53. The number of benzene rings is 2. The lowest BCUT2D eigenvalue weighted by Gasteiger charge is -2.20. The van der Waals surface area contributed by atoms with Crippen LogP contribution in [0.4, 0.5) is 11.4 Å². The normalized spacial score (nSPS) is 12.2. The molecule has 2 nitrogen and oxygen atoms in total. The molecule has 0 aromatic heterocycles. The van der Waals surface area contributed by atoms with E-state index < -0.39 is 0 Å². The molecule has 2 aromatic carbocycles. The lowest BCUT2D eigenvalue weighted by molar-refractivity contribution is 1.04. The second kappa shape index (κ2) is 5.71. The van der Waals surface area contributed by atoms with Gasteiger partial charge in [0.05, 0.1) is 0 Å². The standard InChI is InChI=1S/C19H18N2/c1-14(20-2)7-3-4-8-15-11-12-16-13-18(15)17-9-5-6-10-19(17)21-16/h3-13,20-21H,1H2,2H3/b7-3-,8-4-. The fourth-order valence-electron chi connectivity index (χ4n) is 2.41. The minimum absolute atomic E-state index is 0.894. The van der Waals surface area contributed by atoms with Gasteiger partial charge in [0.1, 0.15) is 0 Å². The Morgan fingerprint density at radius 3 is 2.81 bits per heavy atom. The highest BCUT2D eigenvalue weighted by atomic mass is 14.9. The van der Waals surface area contributed by atoms with Gasteiger partial charge in [-0.25, -0.2) is 0 Å². The summed E-state index contributed by atoms with van der Waals surface area (Å²) in [6, 6.07) is 14.8. The molecule has 1 heterocycles. The van der Waals surface area contributed by atoms with Crippen LogP contribution in [-0.4, -0.2) is 7.05 Å². The van der Waals surface area contributed by atoms with Crippen molar-refractivity contribution >= 4 is 17.5 Å². The summed E-state index contributed by atoms with van der Waals surface area (Å²) in [6.07, 6.45) is 8.11. The van der Waals surface area contributed by atoms with Crippen LogP contribution in [0, 0.1) is 0 Å². The Hall–Kier alpha value is -2.74. The summed E-state index contributed by atoms with van der Waals surface area (Å²) in [5.41, 5.74) is 6.92. The Morgan fingerprint density at radius 1 is 1.10 bits per heavy atom. The second-order valence-corrected chi connectivity index (χ2v) is 4.97. The van der Waals surface area contributed by atoms with Crippen LogP contribution in [0.2, 0.25) is 0 Å². The molecular weight excluding hydrogens is 256 g/mol. The third-order valence-corrected chi connectivity index (χ3v) is 3.55. The second-order valence-electron chi connectivity index (χ2n) is 4.97. The summed E-state index contributed by atoms with van der Waals surface area (Å²) in [6.45, 7) is 3.86. The fourth-order valence-corrected chi connectivity index (χ4v) is 2.41. The number of fused-ring (bicyclic) bond motifs is 4. The largest absolute Gasteiger partial charge is 0.389 e. The zero-order chi connectivity index (χ0) is 14.7. The average molecular weight is 274 g/mol. The van der Waals surface area contributed by atoms with E-state index in [1.807, 2.05) is 25.3 Å². The maximum absolute atomic E-state index is 3.86. The molecule has 104 valence electrons. The van der Waals surface area contributed by atoms with Gasteiger partial charge < -0.3 is 10.6 Å². The summed E-state index contributed by atoms with van der Waals surface area (Å²) >= 11 is 0. The van der Waals surface area contributed by atoms with Crippen molar-refractivity contribution in [2.75, 3.05) is 12.4 Å². The number of allylic oxidation sites excluding steroid dienone is 3. The zero-order valence-corrected chi connectivity index (χ0v) is 12.1. The Morgan fingerprint density at radius 2 is 1.95 bits per heavy atom. The molecule has 0 fully saturated rings. The van der Waals surface area contributed by atoms with Crippen molar-refractivity contribution in [2.45, 2.75) is 0 Å². The smallest absolute Gasteiger partial charge is 0.0464 e. The number of hydrogen-bond donors (Lipinski definition) is 2. The van der Waals surface area contributed by atoms with Gasteiger partial charge in [0.2, 0.25) is 0 Å². The van der Waals surface area contributed by atoms with Crippen LogP contribution in [0.3, 0.4) is 0 Å². The van der Waals surface area contributed by atoms with E-state index in [9.17, 15) is 0 Å². The number of nitrogens with one attached hydrogen (secondary N) is 2. The number of anilines is 2. The molecule has 1 aliphatic rings. The number of hydrogen-bond acceptors (Lipinski definition) is 2. The summed E-state index contributed by atoms with van der Waals surface area (Å²) < 4.78 is 0. The van der Waals surface area contributed by atoms with Crippen LogP contribution >= 0.6 is 0 Å². The zero-order valence-electron chi connectivity index (χ0n) is 12.1. The van der Waals surface area contributed by atoms with Gasteiger partial charge in [-0.15, -0.1) is 0 Å². The predicted octanol–water partition coefficient (Wildman–Crippen LogP) is 4.71. The van der Waals surface area contributed by atoms with Crippen molar-refractivity contribution < 1.29 is 0 Å². The topological polar surface area (TPSA) is 24.1 Å². The molecule has 2 aromatic rings. The first-order valence-corrected chi connectivity index (χ1v) is 7.00. The van der Waals surface area contributed by atoms with Gasteiger partial charge in [-0.3, -0.25) is 0 Å². The molecule has 0 saturated heterocycles. The molecule has 1 aliphatic heterocycles. The van der Waals surface area contributed by atoms with Gasteiger partial charge in [0.15, 0.2) is 0 Å². The van der Waals surface area contributed by atoms with Gasteiger partial charge >= 0.3 is 0 Å². The Labute approximate surface area is 125 Å². The maximum atomic E-state index is 3.86. The van der Waals surface area contributed by atoms with E-state index in [1.165, 1.54) is 22.4 Å². The first kappa shape index (κ1) is 13.3. The van der Waals surface area contributed by atoms with Crippen LogP contribution in [0.5, 0.6) is 0 Å². The predicted molar refractivity (Wildman–Crippen MR) is 91.5 cm³/mol. The maximum Gasteiger partial charge on any atom is 0.0464 e. The molecular formula is C19H18N2. The molecule has 0 spiro atoms.